The van der Waals surface area contributed by atoms with Crippen LogP contribution in [0.1, 0.15) is 15.9 Å². The number of amides is 1. The van der Waals surface area contributed by atoms with Crippen LogP contribution in [0, 0.1) is 11.8 Å². The number of anilines is 1. The Morgan fingerprint density at radius 3 is 2.89 bits per heavy atom. The van der Waals surface area contributed by atoms with Gasteiger partial charge in [-0.25, -0.2) is 0 Å². The monoisotopic (exact) mass is 257 g/mol. The van der Waals surface area contributed by atoms with Gasteiger partial charge < -0.3 is 10.4 Å². The van der Waals surface area contributed by atoms with E-state index in [-0.39, 0.29) is 12.5 Å². The van der Waals surface area contributed by atoms with Gasteiger partial charge in [-0.2, -0.15) is 11.3 Å². The van der Waals surface area contributed by atoms with Crippen LogP contribution < -0.4 is 5.32 Å². The lowest BCUT2D eigenvalue weighted by molar-refractivity contribution is 0.102. The van der Waals surface area contributed by atoms with E-state index in [2.05, 4.69) is 17.2 Å². The van der Waals surface area contributed by atoms with E-state index in [0.717, 1.165) is 0 Å². The minimum Gasteiger partial charge on any atom is -0.384 e. The van der Waals surface area contributed by atoms with Gasteiger partial charge >= 0.3 is 0 Å². The van der Waals surface area contributed by atoms with Crippen molar-refractivity contribution in [2.45, 2.75) is 0 Å². The molecule has 2 rings (SSSR count). The van der Waals surface area contributed by atoms with Crippen molar-refractivity contribution < 1.29 is 9.90 Å². The third-order valence-electron chi connectivity index (χ3n) is 2.26. The number of thiophene rings is 1. The molecule has 0 radical (unpaired) electrons. The van der Waals surface area contributed by atoms with Crippen molar-refractivity contribution in [3.63, 3.8) is 0 Å². The fourth-order valence-electron chi connectivity index (χ4n) is 1.42. The fourth-order valence-corrected chi connectivity index (χ4v) is 2.06. The third-order valence-corrected chi connectivity index (χ3v) is 2.94. The second kappa shape index (κ2) is 6.01. The maximum Gasteiger partial charge on any atom is 0.256 e. The highest BCUT2D eigenvalue weighted by atomic mass is 32.1. The van der Waals surface area contributed by atoms with Gasteiger partial charge in [0.15, 0.2) is 0 Å². The Bertz CT molecular complexity index is 594. The number of para-hydroxylation sites is 1. The molecule has 4 heteroatoms. The predicted molar refractivity (Wildman–Crippen MR) is 72.7 cm³/mol. The van der Waals surface area contributed by atoms with Gasteiger partial charge in [0.2, 0.25) is 0 Å². The Labute approximate surface area is 109 Å². The molecule has 1 heterocycles. The molecule has 0 unspecified atom stereocenters. The second-order valence-corrected chi connectivity index (χ2v) is 4.25. The van der Waals surface area contributed by atoms with Crippen LogP contribution in [0.2, 0.25) is 0 Å². The zero-order valence-electron chi connectivity index (χ0n) is 9.51. The van der Waals surface area contributed by atoms with Crippen LogP contribution in [-0.2, 0) is 0 Å². The maximum atomic E-state index is 11.9. The van der Waals surface area contributed by atoms with Gasteiger partial charge in [0, 0.05) is 10.9 Å². The first-order valence-electron chi connectivity index (χ1n) is 5.33. The van der Waals surface area contributed by atoms with Crippen molar-refractivity contribution in [3.8, 4) is 11.8 Å². The molecule has 0 saturated carbocycles. The number of hydrogen-bond donors (Lipinski definition) is 2. The standard InChI is InChI=1S/C14H11NO2S/c16-8-3-5-11-4-1-2-6-13(11)15-14(17)12-7-9-18-10-12/h1-2,4,6-7,9-10,16H,8H2,(H,15,17). The summed E-state index contributed by atoms with van der Waals surface area (Å²) < 4.78 is 0. The molecule has 2 aromatic rings. The van der Waals surface area contributed by atoms with Crippen LogP contribution >= 0.6 is 11.3 Å². The Hall–Kier alpha value is -2.09. The molecule has 3 nitrogen and oxygen atoms in total. The zero-order valence-corrected chi connectivity index (χ0v) is 10.3. The molecule has 0 saturated heterocycles. The molecular weight excluding hydrogens is 246 g/mol. The Kier molecular flexibility index (Phi) is 4.13. The Morgan fingerprint density at radius 1 is 1.33 bits per heavy atom. The van der Waals surface area contributed by atoms with E-state index in [1.54, 1.807) is 23.6 Å². The van der Waals surface area contributed by atoms with E-state index in [9.17, 15) is 4.79 Å². The van der Waals surface area contributed by atoms with Crippen molar-refractivity contribution in [3.05, 3.63) is 52.2 Å². The predicted octanol–water partition coefficient (Wildman–Crippen LogP) is 2.34. The number of hydrogen-bond acceptors (Lipinski definition) is 3. The summed E-state index contributed by atoms with van der Waals surface area (Å²) in [7, 11) is 0. The average molecular weight is 257 g/mol. The second-order valence-electron chi connectivity index (χ2n) is 3.47. The van der Waals surface area contributed by atoms with E-state index in [4.69, 9.17) is 5.11 Å². The largest absolute Gasteiger partial charge is 0.384 e. The third kappa shape index (κ3) is 2.98. The average Bonchev–Trinajstić information content (AvgIpc) is 2.91. The maximum absolute atomic E-state index is 11.9. The first kappa shape index (κ1) is 12.4. The highest BCUT2D eigenvalue weighted by Crippen LogP contribution is 2.16. The number of nitrogens with one attached hydrogen (secondary N) is 1. The van der Waals surface area contributed by atoms with Crippen LogP contribution in [0.5, 0.6) is 0 Å². The topological polar surface area (TPSA) is 49.3 Å². The SMILES string of the molecule is O=C(Nc1ccccc1C#CCO)c1ccsc1. The highest BCUT2D eigenvalue weighted by molar-refractivity contribution is 7.08. The number of benzene rings is 1. The number of aliphatic hydroxyl groups excluding tert-OH is 1. The molecule has 0 aliphatic heterocycles. The molecule has 0 bridgehead atoms. The minimum absolute atomic E-state index is 0.158. The molecule has 18 heavy (non-hydrogen) atoms. The van der Waals surface area contributed by atoms with E-state index in [1.807, 2.05) is 17.5 Å². The van der Waals surface area contributed by atoms with E-state index in [0.29, 0.717) is 16.8 Å². The number of carbonyl (C=O) groups is 1. The molecule has 0 fully saturated rings. The van der Waals surface area contributed by atoms with Gasteiger partial charge in [-0.05, 0) is 23.6 Å². The van der Waals surface area contributed by atoms with E-state index >= 15 is 0 Å². The van der Waals surface area contributed by atoms with Gasteiger partial charge in [0.05, 0.1) is 11.3 Å². The Balaban J connectivity index is 2.21. The van der Waals surface area contributed by atoms with E-state index in [1.165, 1.54) is 11.3 Å². The molecular formula is C14H11NO2S. The van der Waals surface area contributed by atoms with Gasteiger partial charge in [-0.15, -0.1) is 0 Å². The molecule has 0 aliphatic carbocycles. The van der Waals surface area contributed by atoms with Gasteiger partial charge in [-0.3, -0.25) is 4.79 Å². The number of carbonyl (C=O) groups excluding carboxylic acids is 1. The molecule has 0 spiro atoms. The van der Waals surface area contributed by atoms with Crippen molar-refractivity contribution >= 4 is 22.9 Å². The first-order valence-corrected chi connectivity index (χ1v) is 6.28. The number of aliphatic hydroxyl groups is 1. The smallest absolute Gasteiger partial charge is 0.256 e. The molecule has 1 aromatic carbocycles. The van der Waals surface area contributed by atoms with Gasteiger partial charge in [0.25, 0.3) is 5.91 Å². The molecule has 0 aliphatic rings. The fraction of sp³-hybridized carbons (Fsp3) is 0.0714. The lowest BCUT2D eigenvalue weighted by atomic mass is 10.1. The molecule has 2 N–H and O–H groups in total. The van der Waals surface area contributed by atoms with Crippen molar-refractivity contribution in [1.82, 2.24) is 0 Å². The van der Waals surface area contributed by atoms with E-state index < -0.39 is 0 Å². The highest BCUT2D eigenvalue weighted by Gasteiger charge is 2.07. The molecule has 0 atom stereocenters. The number of rotatable bonds is 2. The zero-order chi connectivity index (χ0) is 12.8. The molecule has 1 amide bonds. The summed E-state index contributed by atoms with van der Waals surface area (Å²) in [5.41, 5.74) is 1.97. The summed E-state index contributed by atoms with van der Waals surface area (Å²) in [6.07, 6.45) is 0. The van der Waals surface area contributed by atoms with Gasteiger partial charge in [-0.1, -0.05) is 24.0 Å². The summed E-state index contributed by atoms with van der Waals surface area (Å²) in [5, 5.41) is 15.1. The minimum atomic E-state index is -0.202. The van der Waals surface area contributed by atoms with Crippen LogP contribution in [0.4, 0.5) is 5.69 Å². The lowest BCUT2D eigenvalue weighted by Gasteiger charge is -2.06. The van der Waals surface area contributed by atoms with Crippen molar-refractivity contribution in [2.75, 3.05) is 11.9 Å². The normalized spacial score (nSPS) is 9.39. The van der Waals surface area contributed by atoms with Crippen LogP contribution in [-0.4, -0.2) is 17.6 Å². The first-order chi connectivity index (χ1) is 8.81. The Morgan fingerprint density at radius 2 is 2.17 bits per heavy atom. The van der Waals surface area contributed by atoms with Crippen molar-refractivity contribution in [2.24, 2.45) is 0 Å². The summed E-state index contributed by atoms with van der Waals surface area (Å²) in [6.45, 7) is -0.202. The summed E-state index contributed by atoms with van der Waals surface area (Å²) in [6, 6.07) is 9.01. The molecule has 1 aromatic heterocycles. The van der Waals surface area contributed by atoms with Crippen LogP contribution in [0.3, 0.4) is 0 Å². The van der Waals surface area contributed by atoms with Crippen LogP contribution in [0.15, 0.2) is 41.1 Å². The summed E-state index contributed by atoms with van der Waals surface area (Å²) >= 11 is 1.47. The van der Waals surface area contributed by atoms with Crippen molar-refractivity contribution in [1.29, 1.82) is 0 Å². The lowest BCUT2D eigenvalue weighted by Crippen LogP contribution is -2.11. The summed E-state index contributed by atoms with van der Waals surface area (Å²) in [4.78, 5) is 11.9. The quantitative estimate of drug-likeness (QED) is 0.811. The molecule has 90 valence electrons. The van der Waals surface area contributed by atoms with Gasteiger partial charge in [0.1, 0.15) is 6.61 Å². The van der Waals surface area contributed by atoms with Crippen LogP contribution in [0.25, 0.3) is 0 Å². The summed E-state index contributed by atoms with van der Waals surface area (Å²) in [5.74, 6) is 5.21.